The minimum absolute atomic E-state index is 0.00946. The highest BCUT2D eigenvalue weighted by Crippen LogP contribution is 2.33. The van der Waals surface area contributed by atoms with Gasteiger partial charge >= 0.3 is 0 Å². The van der Waals surface area contributed by atoms with Gasteiger partial charge in [-0.1, -0.05) is 6.07 Å². The van der Waals surface area contributed by atoms with Gasteiger partial charge in [-0.15, -0.1) is 11.3 Å². The molecule has 0 spiro atoms. The van der Waals surface area contributed by atoms with E-state index in [9.17, 15) is 14.0 Å². The molecule has 0 saturated heterocycles. The van der Waals surface area contributed by atoms with Crippen LogP contribution in [0.2, 0.25) is 0 Å². The quantitative estimate of drug-likeness (QED) is 0.305. The first-order valence-corrected chi connectivity index (χ1v) is 11.7. The molecule has 9 nitrogen and oxygen atoms in total. The van der Waals surface area contributed by atoms with Crippen LogP contribution in [0.25, 0.3) is 21.3 Å². The normalized spacial score (nSPS) is 11.0. The Kier molecular flexibility index (Phi) is 5.98. The van der Waals surface area contributed by atoms with Crippen LogP contribution in [0.4, 0.5) is 21.7 Å². The van der Waals surface area contributed by atoms with E-state index in [2.05, 4.69) is 25.7 Å². The first-order chi connectivity index (χ1) is 17.3. The molecule has 182 valence electrons. The van der Waals surface area contributed by atoms with Crippen molar-refractivity contribution in [1.82, 2.24) is 19.7 Å². The monoisotopic (exact) mass is 504 g/mol. The third-order valence-electron chi connectivity index (χ3n) is 5.62. The van der Waals surface area contributed by atoms with Gasteiger partial charge in [0, 0.05) is 40.7 Å². The van der Waals surface area contributed by atoms with E-state index in [1.54, 1.807) is 31.0 Å². The van der Waals surface area contributed by atoms with Crippen molar-refractivity contribution in [3.8, 4) is 17.0 Å². The second kappa shape index (κ2) is 9.27. The molecule has 5 rings (SSSR count). The number of nitrogens with zero attached hydrogens (tertiary/aromatic N) is 3. The number of carbonyl (C=O) groups excluding carboxylic acids is 1. The van der Waals surface area contributed by atoms with Gasteiger partial charge in [-0.2, -0.15) is 5.10 Å². The summed E-state index contributed by atoms with van der Waals surface area (Å²) in [6.45, 7) is 1.88. The van der Waals surface area contributed by atoms with E-state index in [-0.39, 0.29) is 11.5 Å². The lowest BCUT2D eigenvalue weighted by Gasteiger charge is -2.09. The van der Waals surface area contributed by atoms with E-state index in [4.69, 9.17) is 4.74 Å². The van der Waals surface area contributed by atoms with Crippen molar-refractivity contribution in [2.45, 2.75) is 6.92 Å². The topological polar surface area (TPSA) is 114 Å². The molecular formula is C25H21FN6O3S. The van der Waals surface area contributed by atoms with Crippen LogP contribution >= 0.6 is 11.3 Å². The Balaban J connectivity index is 1.43. The van der Waals surface area contributed by atoms with E-state index < -0.39 is 17.3 Å². The molecule has 3 aromatic heterocycles. The highest BCUT2D eigenvalue weighted by atomic mass is 32.1. The first-order valence-electron chi connectivity index (χ1n) is 10.9. The predicted octanol–water partition coefficient (Wildman–Crippen LogP) is 4.84. The number of H-pyrrole nitrogens is 1. The maximum Gasteiger partial charge on any atom is 0.291 e. The fraction of sp³-hybridized carbons (Fsp3) is 0.120. The Hall–Kier alpha value is -4.51. The molecule has 3 N–H and O–H groups in total. The number of halogens is 1. The Morgan fingerprint density at radius 3 is 2.78 bits per heavy atom. The summed E-state index contributed by atoms with van der Waals surface area (Å²) in [6.07, 6.45) is 1.42. The van der Waals surface area contributed by atoms with Crippen LogP contribution in [0.3, 0.4) is 0 Å². The molecule has 1 amide bonds. The van der Waals surface area contributed by atoms with Gasteiger partial charge < -0.3 is 20.4 Å². The Bertz CT molecular complexity index is 1650. The van der Waals surface area contributed by atoms with Crippen molar-refractivity contribution in [3.63, 3.8) is 0 Å². The minimum Gasteiger partial charge on any atom is -0.496 e. The van der Waals surface area contributed by atoms with Gasteiger partial charge in [0.25, 0.3) is 11.5 Å². The molecule has 5 aromatic rings. The summed E-state index contributed by atoms with van der Waals surface area (Å²) in [5, 5.41) is 10.6. The van der Waals surface area contributed by atoms with Crippen LogP contribution in [0.5, 0.6) is 5.75 Å². The van der Waals surface area contributed by atoms with Crippen LogP contribution in [0, 0.1) is 12.7 Å². The van der Waals surface area contributed by atoms with Gasteiger partial charge in [0.05, 0.1) is 23.4 Å². The van der Waals surface area contributed by atoms with Crippen molar-refractivity contribution in [3.05, 3.63) is 81.5 Å². The van der Waals surface area contributed by atoms with E-state index in [0.717, 1.165) is 15.8 Å². The Morgan fingerprint density at radius 2 is 2.03 bits per heavy atom. The molecule has 0 unspecified atom stereocenters. The number of amides is 1. The van der Waals surface area contributed by atoms with Gasteiger partial charge in [0.15, 0.2) is 11.6 Å². The third-order valence-corrected chi connectivity index (χ3v) is 6.72. The molecular weight excluding hydrogens is 483 g/mol. The van der Waals surface area contributed by atoms with Crippen molar-refractivity contribution in [2.75, 3.05) is 17.7 Å². The number of nitrogens with one attached hydrogen (secondary N) is 3. The standard InChI is InChI=1S/C25H21FN6O3S/c1-13-9-22(31-32(13)2)30-23-25(34)27-12-18(28-23)14-7-8-16(26)17(10-14)29-24(33)21-11-15-19(35-3)5-4-6-20(15)36-21/h4-12H,1-3H3,(H,27,34)(H,29,33)(H,28,30,31). The highest BCUT2D eigenvalue weighted by molar-refractivity contribution is 7.21. The smallest absolute Gasteiger partial charge is 0.291 e. The number of fused-ring (bicyclic) bond motifs is 1. The van der Waals surface area contributed by atoms with Crippen LogP contribution in [0.1, 0.15) is 15.4 Å². The zero-order valence-electron chi connectivity index (χ0n) is 19.5. The molecule has 0 aliphatic heterocycles. The number of benzene rings is 2. The summed E-state index contributed by atoms with van der Waals surface area (Å²) in [6, 6.07) is 13.3. The molecule has 0 saturated carbocycles. The van der Waals surface area contributed by atoms with Crippen molar-refractivity contribution >= 4 is 44.7 Å². The van der Waals surface area contributed by atoms with E-state index in [1.165, 1.54) is 35.7 Å². The highest BCUT2D eigenvalue weighted by Gasteiger charge is 2.16. The number of ether oxygens (including phenoxy) is 1. The van der Waals surface area contributed by atoms with Crippen LogP contribution in [0.15, 0.2) is 59.5 Å². The van der Waals surface area contributed by atoms with Crippen molar-refractivity contribution < 1.29 is 13.9 Å². The summed E-state index contributed by atoms with van der Waals surface area (Å²) in [5.74, 6) is 0.122. The number of anilines is 3. The molecule has 0 radical (unpaired) electrons. The maximum absolute atomic E-state index is 14.6. The van der Waals surface area contributed by atoms with Crippen LogP contribution in [-0.2, 0) is 7.05 Å². The number of thiophene rings is 1. The summed E-state index contributed by atoms with van der Waals surface area (Å²) in [5.41, 5.74) is 1.34. The van der Waals surface area contributed by atoms with E-state index in [0.29, 0.717) is 27.7 Å². The minimum atomic E-state index is -0.600. The number of hydrogen-bond acceptors (Lipinski definition) is 7. The van der Waals surface area contributed by atoms with Crippen LogP contribution < -0.4 is 20.9 Å². The summed E-state index contributed by atoms with van der Waals surface area (Å²) in [7, 11) is 3.36. The largest absolute Gasteiger partial charge is 0.496 e. The van der Waals surface area contributed by atoms with Gasteiger partial charge in [-0.25, -0.2) is 9.37 Å². The lowest BCUT2D eigenvalue weighted by Crippen LogP contribution is -2.14. The average molecular weight is 505 g/mol. The first kappa shape index (κ1) is 23.2. The Labute approximate surface area is 208 Å². The van der Waals surface area contributed by atoms with Crippen LogP contribution in [-0.4, -0.2) is 32.8 Å². The fourth-order valence-corrected chi connectivity index (χ4v) is 4.64. The van der Waals surface area contributed by atoms with Gasteiger partial charge in [0.2, 0.25) is 0 Å². The molecule has 3 heterocycles. The predicted molar refractivity (Wildman–Crippen MR) is 138 cm³/mol. The number of rotatable bonds is 6. The molecule has 0 atom stereocenters. The second-order valence-electron chi connectivity index (χ2n) is 8.01. The summed E-state index contributed by atoms with van der Waals surface area (Å²) < 4.78 is 22.5. The van der Waals surface area contributed by atoms with Crippen molar-refractivity contribution in [1.29, 1.82) is 0 Å². The SMILES string of the molecule is COc1cccc2sc(C(=O)Nc3cc(-c4c[nH]c(=O)c(Nc5cc(C)n(C)n5)n4)ccc3F)cc12. The Morgan fingerprint density at radius 1 is 1.19 bits per heavy atom. The number of aromatic nitrogens is 4. The average Bonchev–Trinajstić information content (AvgIpc) is 3.44. The number of aromatic amines is 1. The van der Waals surface area contributed by atoms with Gasteiger partial charge in [-0.3, -0.25) is 14.3 Å². The number of aryl methyl sites for hydroxylation is 2. The number of carbonyl (C=O) groups is 1. The molecule has 11 heteroatoms. The third kappa shape index (κ3) is 4.43. The maximum atomic E-state index is 14.6. The molecule has 0 aliphatic carbocycles. The van der Waals surface area contributed by atoms with Gasteiger partial charge in [0.1, 0.15) is 11.6 Å². The summed E-state index contributed by atoms with van der Waals surface area (Å²) in [4.78, 5) is 32.7. The second-order valence-corrected chi connectivity index (χ2v) is 9.10. The molecule has 2 aromatic carbocycles. The van der Waals surface area contributed by atoms with Gasteiger partial charge in [-0.05, 0) is 43.3 Å². The zero-order chi connectivity index (χ0) is 25.4. The number of methoxy groups -OCH3 is 1. The summed E-state index contributed by atoms with van der Waals surface area (Å²) >= 11 is 1.29. The fourth-order valence-electron chi connectivity index (χ4n) is 3.67. The number of hydrogen-bond donors (Lipinski definition) is 3. The van der Waals surface area contributed by atoms with Crippen molar-refractivity contribution in [2.24, 2.45) is 7.05 Å². The van der Waals surface area contributed by atoms with E-state index in [1.807, 2.05) is 25.1 Å². The molecule has 0 fully saturated rings. The molecule has 0 aliphatic rings. The zero-order valence-corrected chi connectivity index (χ0v) is 20.4. The van der Waals surface area contributed by atoms with E-state index >= 15 is 0 Å². The lowest BCUT2D eigenvalue weighted by atomic mass is 10.1. The molecule has 0 bridgehead atoms. The molecule has 36 heavy (non-hydrogen) atoms. The lowest BCUT2D eigenvalue weighted by molar-refractivity contribution is 0.103.